The Morgan fingerprint density at radius 2 is 1.82 bits per heavy atom. The van der Waals surface area contributed by atoms with Gasteiger partial charge in [-0.15, -0.1) is 0 Å². The zero-order valence-electron chi connectivity index (χ0n) is 12.7. The van der Waals surface area contributed by atoms with Gasteiger partial charge in [-0.25, -0.2) is 4.79 Å². The van der Waals surface area contributed by atoms with Crippen LogP contribution in [0.3, 0.4) is 0 Å². The number of benzene rings is 1. The number of rotatable bonds is 4. The maximum Gasteiger partial charge on any atom is 0.339 e. The fourth-order valence-corrected chi connectivity index (χ4v) is 2.57. The van der Waals surface area contributed by atoms with Gasteiger partial charge in [0, 0.05) is 25.3 Å². The Labute approximate surface area is 129 Å². The van der Waals surface area contributed by atoms with Crippen LogP contribution in [0.4, 0.5) is 5.82 Å². The summed E-state index contributed by atoms with van der Waals surface area (Å²) >= 11 is 0. The predicted octanol–water partition coefficient (Wildman–Crippen LogP) is 3.36. The minimum Gasteiger partial charge on any atom is -0.465 e. The highest BCUT2D eigenvalue weighted by atomic mass is 16.5. The number of methoxy groups -OCH3 is 1. The lowest BCUT2D eigenvalue weighted by atomic mass is 10.2. The van der Waals surface area contributed by atoms with E-state index in [1.165, 1.54) is 12.7 Å². The van der Waals surface area contributed by atoms with Crippen molar-refractivity contribution >= 4 is 17.3 Å². The molecule has 3 rings (SSSR count). The summed E-state index contributed by atoms with van der Waals surface area (Å²) in [6.45, 7) is 0.801. The van der Waals surface area contributed by atoms with Crippen molar-refractivity contribution in [2.45, 2.75) is 6.54 Å². The molecule has 0 N–H and O–H groups in total. The maximum absolute atomic E-state index is 11.7. The molecule has 0 radical (unpaired) electrons. The first kappa shape index (κ1) is 14.2. The molecule has 0 fully saturated rings. The first-order chi connectivity index (χ1) is 10.7. The Bertz CT molecular complexity index is 793. The van der Waals surface area contributed by atoms with Gasteiger partial charge in [0.15, 0.2) is 0 Å². The quantitative estimate of drug-likeness (QED) is 0.692. The molecule has 112 valence electrons. The molecule has 0 saturated heterocycles. The molecule has 2 heterocycles. The van der Waals surface area contributed by atoms with E-state index in [1.54, 1.807) is 6.07 Å². The van der Waals surface area contributed by atoms with Crippen LogP contribution in [-0.2, 0) is 11.3 Å². The Morgan fingerprint density at radius 1 is 1.09 bits per heavy atom. The van der Waals surface area contributed by atoms with Gasteiger partial charge in [0.1, 0.15) is 5.82 Å². The van der Waals surface area contributed by atoms with Gasteiger partial charge in [-0.3, -0.25) is 0 Å². The fourth-order valence-electron chi connectivity index (χ4n) is 2.57. The molecule has 0 saturated carbocycles. The number of aromatic nitrogens is 1. The molecule has 4 heteroatoms. The third-order valence-electron chi connectivity index (χ3n) is 3.70. The van der Waals surface area contributed by atoms with Gasteiger partial charge in [-0.2, -0.15) is 0 Å². The van der Waals surface area contributed by atoms with Crippen LogP contribution in [0, 0.1) is 0 Å². The lowest BCUT2D eigenvalue weighted by Crippen LogP contribution is -2.18. The van der Waals surface area contributed by atoms with E-state index in [0.717, 1.165) is 17.9 Å². The highest BCUT2D eigenvalue weighted by Crippen LogP contribution is 2.21. The summed E-state index contributed by atoms with van der Waals surface area (Å²) in [5.74, 6) is 0.705. The van der Waals surface area contributed by atoms with E-state index in [9.17, 15) is 4.79 Å². The number of fused-ring (bicyclic) bond motifs is 1. The number of hydrogen-bond donors (Lipinski definition) is 0. The summed E-state index contributed by atoms with van der Waals surface area (Å²) < 4.78 is 6.80. The molecular formula is C18H18N2O2. The van der Waals surface area contributed by atoms with E-state index in [0.29, 0.717) is 5.56 Å². The summed E-state index contributed by atoms with van der Waals surface area (Å²) in [6.07, 6.45) is 1.82. The first-order valence-corrected chi connectivity index (χ1v) is 7.13. The topological polar surface area (TPSA) is 34.0 Å². The van der Waals surface area contributed by atoms with Gasteiger partial charge in [-0.05, 0) is 29.8 Å². The van der Waals surface area contributed by atoms with Crippen molar-refractivity contribution in [2.75, 3.05) is 19.1 Å². The third-order valence-corrected chi connectivity index (χ3v) is 3.70. The number of ether oxygens (including phenoxy) is 1. The highest BCUT2D eigenvalue weighted by Gasteiger charge is 2.11. The Morgan fingerprint density at radius 3 is 2.55 bits per heavy atom. The van der Waals surface area contributed by atoms with E-state index in [1.807, 2.05) is 48.0 Å². The Hall–Kier alpha value is -2.75. The molecule has 0 atom stereocenters. The van der Waals surface area contributed by atoms with Crippen molar-refractivity contribution in [3.63, 3.8) is 0 Å². The number of nitrogens with zero attached hydrogens (tertiary/aromatic N) is 2. The van der Waals surface area contributed by atoms with Crippen molar-refractivity contribution in [1.29, 1.82) is 0 Å². The van der Waals surface area contributed by atoms with Crippen LogP contribution in [0.25, 0.3) is 5.52 Å². The zero-order valence-corrected chi connectivity index (χ0v) is 12.7. The maximum atomic E-state index is 11.7. The second kappa shape index (κ2) is 5.93. The summed E-state index contributed by atoms with van der Waals surface area (Å²) in [5.41, 5.74) is 2.83. The van der Waals surface area contributed by atoms with Crippen molar-refractivity contribution in [1.82, 2.24) is 4.40 Å². The summed E-state index contributed by atoms with van der Waals surface area (Å²) in [4.78, 5) is 13.9. The average molecular weight is 294 g/mol. The molecule has 3 aromatic rings. The highest BCUT2D eigenvalue weighted by molar-refractivity contribution is 5.89. The molecule has 0 aliphatic carbocycles. The van der Waals surface area contributed by atoms with Gasteiger partial charge in [-0.1, -0.05) is 30.3 Å². The van der Waals surface area contributed by atoms with Crippen LogP contribution in [0.5, 0.6) is 0 Å². The van der Waals surface area contributed by atoms with Crippen LogP contribution in [0.2, 0.25) is 0 Å². The second-order valence-corrected chi connectivity index (χ2v) is 5.24. The third kappa shape index (κ3) is 2.68. The number of pyridine rings is 1. The summed E-state index contributed by atoms with van der Waals surface area (Å²) in [7, 11) is 3.43. The van der Waals surface area contributed by atoms with Gasteiger partial charge < -0.3 is 14.0 Å². The van der Waals surface area contributed by atoms with Gasteiger partial charge in [0.05, 0.1) is 12.7 Å². The van der Waals surface area contributed by atoms with E-state index in [4.69, 9.17) is 4.74 Å². The molecule has 0 bridgehead atoms. The second-order valence-electron chi connectivity index (χ2n) is 5.24. The van der Waals surface area contributed by atoms with Crippen molar-refractivity contribution < 1.29 is 9.53 Å². The Kier molecular flexibility index (Phi) is 3.83. The number of anilines is 1. The van der Waals surface area contributed by atoms with Gasteiger partial charge >= 0.3 is 5.97 Å². The van der Waals surface area contributed by atoms with Crippen LogP contribution in [0.15, 0.2) is 60.8 Å². The number of carbonyl (C=O) groups excluding carboxylic acids is 1. The van der Waals surface area contributed by atoms with Crippen LogP contribution < -0.4 is 4.90 Å². The first-order valence-electron chi connectivity index (χ1n) is 7.13. The number of esters is 1. The zero-order chi connectivity index (χ0) is 15.5. The minimum atomic E-state index is -0.327. The molecule has 4 nitrogen and oxygen atoms in total. The van der Waals surface area contributed by atoms with E-state index < -0.39 is 0 Å². The Balaban J connectivity index is 1.94. The van der Waals surface area contributed by atoms with Gasteiger partial charge in [0.25, 0.3) is 0 Å². The largest absolute Gasteiger partial charge is 0.465 e. The van der Waals surface area contributed by atoms with E-state index in [2.05, 4.69) is 23.1 Å². The predicted molar refractivity (Wildman–Crippen MR) is 87.3 cm³/mol. The SMILES string of the molecule is COC(=O)c1ccc2ccc(N(C)Cc3ccccc3)n2c1. The van der Waals surface area contributed by atoms with E-state index >= 15 is 0 Å². The minimum absolute atomic E-state index is 0.327. The summed E-state index contributed by atoms with van der Waals surface area (Å²) in [5, 5.41) is 0. The van der Waals surface area contributed by atoms with Crippen LogP contribution in [-0.4, -0.2) is 24.5 Å². The molecular weight excluding hydrogens is 276 g/mol. The molecule has 1 aromatic carbocycles. The average Bonchev–Trinajstić information content (AvgIpc) is 2.98. The monoisotopic (exact) mass is 294 g/mol. The van der Waals surface area contributed by atoms with Crippen LogP contribution >= 0.6 is 0 Å². The van der Waals surface area contributed by atoms with E-state index in [-0.39, 0.29) is 5.97 Å². The molecule has 0 aliphatic rings. The lowest BCUT2D eigenvalue weighted by molar-refractivity contribution is 0.0600. The molecule has 0 spiro atoms. The normalized spacial score (nSPS) is 10.6. The standard InChI is InChI=1S/C18H18N2O2/c1-19(12-14-6-4-3-5-7-14)17-11-10-16-9-8-15(13-20(16)17)18(21)22-2/h3-11,13H,12H2,1-2H3. The number of hydrogen-bond acceptors (Lipinski definition) is 3. The fraction of sp³-hybridized carbons (Fsp3) is 0.167. The van der Waals surface area contributed by atoms with Gasteiger partial charge in [0.2, 0.25) is 0 Å². The van der Waals surface area contributed by atoms with Crippen molar-refractivity contribution in [3.05, 3.63) is 71.9 Å². The molecule has 2 aromatic heterocycles. The van der Waals surface area contributed by atoms with Crippen LogP contribution in [0.1, 0.15) is 15.9 Å². The lowest BCUT2D eigenvalue weighted by Gasteiger charge is -2.19. The molecule has 0 aliphatic heterocycles. The number of carbonyl (C=O) groups is 1. The molecule has 22 heavy (non-hydrogen) atoms. The molecule has 0 amide bonds. The van der Waals surface area contributed by atoms with Crippen molar-refractivity contribution in [3.8, 4) is 0 Å². The summed E-state index contributed by atoms with van der Waals surface area (Å²) in [6, 6.07) is 18.1. The van der Waals surface area contributed by atoms with Crippen molar-refractivity contribution in [2.24, 2.45) is 0 Å². The smallest absolute Gasteiger partial charge is 0.339 e. The molecule has 0 unspecified atom stereocenters.